The summed E-state index contributed by atoms with van der Waals surface area (Å²) < 4.78 is 72.6. The maximum absolute atomic E-state index is 13.1. The quantitative estimate of drug-likeness (QED) is 0.408. The zero-order valence-electron chi connectivity index (χ0n) is 18.4. The van der Waals surface area contributed by atoms with Gasteiger partial charge in [0.2, 0.25) is 0 Å². The highest BCUT2D eigenvalue weighted by Crippen LogP contribution is 2.33. The Kier molecular flexibility index (Phi) is 7.51. The van der Waals surface area contributed by atoms with Gasteiger partial charge in [-0.15, -0.1) is 0 Å². The summed E-state index contributed by atoms with van der Waals surface area (Å²) in [5, 5.41) is 2.87. The summed E-state index contributed by atoms with van der Waals surface area (Å²) in [4.78, 5) is 11.4. The summed E-state index contributed by atoms with van der Waals surface area (Å²) in [7, 11) is -4.03. The van der Waals surface area contributed by atoms with E-state index in [4.69, 9.17) is 4.74 Å². The molecule has 0 saturated heterocycles. The van der Waals surface area contributed by atoms with Crippen LogP contribution in [0.3, 0.4) is 0 Å². The van der Waals surface area contributed by atoms with Gasteiger partial charge >= 0.3 is 12.1 Å². The molecule has 0 saturated carbocycles. The molecule has 0 amide bonds. The molecule has 0 fully saturated rings. The number of carbonyl (C=O) groups is 1. The van der Waals surface area contributed by atoms with Crippen molar-refractivity contribution in [2.24, 2.45) is 0 Å². The molecule has 180 valence electrons. The van der Waals surface area contributed by atoms with Crippen LogP contribution in [0.2, 0.25) is 0 Å². The first-order valence-corrected chi connectivity index (χ1v) is 11.8. The number of carbonyl (C=O) groups excluding carboxylic acids is 1. The van der Waals surface area contributed by atoms with Crippen LogP contribution in [0.25, 0.3) is 11.1 Å². The molecule has 0 heterocycles. The second-order valence-corrected chi connectivity index (χ2v) is 9.05. The molecule has 6 nitrogen and oxygen atoms in total. The Hall–Kier alpha value is -3.53. The molecule has 3 aromatic rings. The van der Waals surface area contributed by atoms with Gasteiger partial charge in [0.1, 0.15) is 6.54 Å². The van der Waals surface area contributed by atoms with Gasteiger partial charge in [-0.25, -0.2) is 8.42 Å². The topological polar surface area (TPSA) is 84.5 Å². The number of esters is 1. The summed E-state index contributed by atoms with van der Waals surface area (Å²) >= 11 is 0. The Morgan fingerprint density at radius 1 is 0.941 bits per heavy atom. The van der Waals surface area contributed by atoms with E-state index in [1.165, 1.54) is 30.3 Å². The van der Waals surface area contributed by atoms with E-state index >= 15 is 0 Å². The van der Waals surface area contributed by atoms with Gasteiger partial charge in [0.05, 0.1) is 17.1 Å². The smallest absolute Gasteiger partial charge is 0.416 e. The first kappa shape index (κ1) is 25.1. The van der Waals surface area contributed by atoms with E-state index < -0.39 is 27.7 Å². The lowest BCUT2D eigenvalue weighted by atomic mass is 10.0. The molecular weight excluding hydrogens is 469 g/mol. The van der Waals surface area contributed by atoms with E-state index in [0.29, 0.717) is 16.8 Å². The number of ether oxygens (including phenoxy) is 1. The number of anilines is 2. The van der Waals surface area contributed by atoms with E-state index in [9.17, 15) is 26.4 Å². The van der Waals surface area contributed by atoms with Gasteiger partial charge in [-0.05, 0) is 73.0 Å². The Morgan fingerprint density at radius 3 is 2.24 bits per heavy atom. The van der Waals surface area contributed by atoms with Crippen molar-refractivity contribution in [2.45, 2.75) is 24.9 Å². The van der Waals surface area contributed by atoms with Crippen LogP contribution in [0, 0.1) is 6.92 Å². The third-order valence-corrected chi connectivity index (χ3v) is 6.40. The lowest BCUT2D eigenvalue weighted by molar-refractivity contribution is -0.141. The molecule has 3 aromatic carbocycles. The van der Waals surface area contributed by atoms with Crippen LogP contribution in [0.4, 0.5) is 24.5 Å². The molecule has 0 spiro atoms. The second-order valence-electron chi connectivity index (χ2n) is 7.40. The number of aryl methyl sites for hydroxylation is 1. The van der Waals surface area contributed by atoms with Crippen molar-refractivity contribution in [3.05, 3.63) is 77.9 Å². The normalized spacial score (nSPS) is 11.7. The number of alkyl halides is 3. The zero-order chi connectivity index (χ0) is 24.9. The van der Waals surface area contributed by atoms with Crippen molar-refractivity contribution in [2.75, 3.05) is 23.2 Å². The van der Waals surface area contributed by atoms with Gasteiger partial charge in [0.25, 0.3) is 10.0 Å². The summed E-state index contributed by atoms with van der Waals surface area (Å²) in [6, 6.07) is 15.4. The minimum atomic E-state index is -4.51. The van der Waals surface area contributed by atoms with Crippen molar-refractivity contribution in [3.8, 4) is 11.1 Å². The molecule has 0 unspecified atom stereocenters. The van der Waals surface area contributed by atoms with Crippen LogP contribution in [0.15, 0.2) is 71.6 Å². The van der Waals surface area contributed by atoms with Gasteiger partial charge in [0.15, 0.2) is 0 Å². The Balaban J connectivity index is 1.81. The maximum Gasteiger partial charge on any atom is 0.416 e. The first-order valence-electron chi connectivity index (χ1n) is 10.3. The van der Waals surface area contributed by atoms with E-state index in [1.807, 2.05) is 0 Å². The fourth-order valence-corrected chi connectivity index (χ4v) is 4.53. The number of nitrogens with one attached hydrogen (secondary N) is 2. The van der Waals surface area contributed by atoms with Gasteiger partial charge in [0, 0.05) is 11.4 Å². The Bertz CT molecular complexity index is 1270. The van der Waals surface area contributed by atoms with Gasteiger partial charge < -0.3 is 10.1 Å². The van der Waals surface area contributed by atoms with E-state index in [-0.39, 0.29) is 29.3 Å². The van der Waals surface area contributed by atoms with Crippen molar-refractivity contribution in [3.63, 3.8) is 0 Å². The van der Waals surface area contributed by atoms with E-state index in [1.54, 1.807) is 38.1 Å². The highest BCUT2D eigenvalue weighted by molar-refractivity contribution is 7.92. The monoisotopic (exact) mass is 492 g/mol. The zero-order valence-corrected chi connectivity index (χ0v) is 19.3. The van der Waals surface area contributed by atoms with Gasteiger partial charge in [-0.2, -0.15) is 13.2 Å². The third-order valence-electron chi connectivity index (χ3n) is 4.88. The highest BCUT2D eigenvalue weighted by Gasteiger charge is 2.30. The SMILES string of the molecule is CCOC(=O)CNc1ccc(NS(=O)(=O)c2cc(-c3cccc(C(F)(F)F)c3)ccc2C)cc1. The van der Waals surface area contributed by atoms with Crippen LogP contribution in [-0.4, -0.2) is 27.5 Å². The summed E-state index contributed by atoms with van der Waals surface area (Å²) in [5.74, 6) is -0.414. The van der Waals surface area contributed by atoms with Gasteiger partial charge in [-0.3, -0.25) is 9.52 Å². The molecule has 0 aliphatic carbocycles. The average molecular weight is 493 g/mol. The summed E-state index contributed by atoms with van der Waals surface area (Å²) in [6.07, 6.45) is -4.51. The molecular formula is C24H23F3N2O4S. The molecule has 0 aliphatic rings. The second kappa shape index (κ2) is 10.2. The maximum atomic E-state index is 13.1. The van der Waals surface area contributed by atoms with Crippen molar-refractivity contribution >= 4 is 27.4 Å². The molecule has 0 atom stereocenters. The fourth-order valence-electron chi connectivity index (χ4n) is 3.20. The molecule has 34 heavy (non-hydrogen) atoms. The minimum absolute atomic E-state index is 0.0273. The lowest BCUT2D eigenvalue weighted by Gasteiger charge is -2.14. The number of benzene rings is 3. The number of sulfonamides is 1. The van der Waals surface area contributed by atoms with Crippen molar-refractivity contribution < 1.29 is 31.1 Å². The van der Waals surface area contributed by atoms with Crippen molar-refractivity contribution in [1.29, 1.82) is 0 Å². The molecule has 10 heteroatoms. The highest BCUT2D eigenvalue weighted by atomic mass is 32.2. The van der Waals surface area contributed by atoms with Crippen LogP contribution in [0.5, 0.6) is 0 Å². The molecule has 0 aromatic heterocycles. The molecule has 2 N–H and O–H groups in total. The number of hydrogen-bond donors (Lipinski definition) is 2. The van der Waals surface area contributed by atoms with E-state index in [2.05, 4.69) is 10.0 Å². The number of halogens is 3. The Labute approximate surface area is 195 Å². The summed E-state index contributed by atoms with van der Waals surface area (Å²) in [5.41, 5.74) is 1.10. The van der Waals surface area contributed by atoms with Crippen molar-refractivity contribution in [1.82, 2.24) is 0 Å². The first-order chi connectivity index (χ1) is 16.0. The predicted molar refractivity (Wildman–Crippen MR) is 124 cm³/mol. The number of hydrogen-bond acceptors (Lipinski definition) is 5. The van der Waals surface area contributed by atoms with Crippen LogP contribution >= 0.6 is 0 Å². The average Bonchev–Trinajstić information content (AvgIpc) is 2.78. The minimum Gasteiger partial charge on any atom is -0.465 e. The molecule has 0 radical (unpaired) electrons. The third kappa shape index (κ3) is 6.28. The molecule has 0 aliphatic heterocycles. The largest absolute Gasteiger partial charge is 0.465 e. The molecule has 3 rings (SSSR count). The number of rotatable bonds is 8. The van der Waals surface area contributed by atoms with Gasteiger partial charge in [-0.1, -0.05) is 24.3 Å². The Morgan fingerprint density at radius 2 is 1.59 bits per heavy atom. The summed E-state index contributed by atoms with van der Waals surface area (Å²) in [6.45, 7) is 3.55. The standard InChI is InChI=1S/C24H23F3N2O4S/c1-3-33-23(30)15-28-20-9-11-21(12-10-20)29-34(31,32)22-14-18(8-7-16(22)2)17-5-4-6-19(13-17)24(25,26)27/h4-14,28-29H,3,15H2,1-2H3. The predicted octanol–water partition coefficient (Wildman–Crippen LogP) is 5.46. The van der Waals surface area contributed by atoms with Crippen LogP contribution in [0.1, 0.15) is 18.1 Å². The van der Waals surface area contributed by atoms with Crippen LogP contribution in [-0.2, 0) is 25.7 Å². The lowest BCUT2D eigenvalue weighted by Crippen LogP contribution is -2.17. The molecule has 0 bridgehead atoms. The van der Waals surface area contributed by atoms with Crippen LogP contribution < -0.4 is 10.0 Å². The fraction of sp³-hybridized carbons (Fsp3) is 0.208. The van der Waals surface area contributed by atoms with E-state index in [0.717, 1.165) is 12.1 Å².